The van der Waals surface area contributed by atoms with Gasteiger partial charge in [0.05, 0.1) is 132 Å². The van der Waals surface area contributed by atoms with E-state index in [-0.39, 0.29) is 25.2 Å². The second kappa shape index (κ2) is 43.7. The third kappa shape index (κ3) is 42.7. The average molecular weight is 727 g/mol. The van der Waals surface area contributed by atoms with Crippen molar-refractivity contribution < 1.29 is 66.4 Å². The lowest BCUT2D eigenvalue weighted by atomic mass is 10.2. The second-order valence-electron chi connectivity index (χ2n) is 11.2. The Morgan fingerprint density at radius 2 is 0.480 bits per heavy atom. The van der Waals surface area contributed by atoms with Crippen molar-refractivity contribution in [1.82, 2.24) is 0 Å². The molecule has 0 saturated heterocycles. The van der Waals surface area contributed by atoms with Crippen LogP contribution < -0.4 is 0 Å². The van der Waals surface area contributed by atoms with Crippen LogP contribution in [0.2, 0.25) is 0 Å². The molecule has 14 heteroatoms. The van der Waals surface area contributed by atoms with E-state index in [0.717, 1.165) is 51.4 Å². The van der Waals surface area contributed by atoms with Crippen LogP contribution in [0, 0.1) is 0 Å². The predicted molar refractivity (Wildman–Crippen MR) is 188 cm³/mol. The zero-order valence-corrected chi connectivity index (χ0v) is 31.3. The quantitative estimate of drug-likeness (QED) is 0.0654. The number of rotatable bonds is 43. The van der Waals surface area contributed by atoms with Crippen molar-refractivity contribution in [3.63, 3.8) is 0 Å². The fourth-order valence-corrected chi connectivity index (χ4v) is 4.05. The van der Waals surface area contributed by atoms with Gasteiger partial charge < -0.3 is 56.8 Å². The van der Waals surface area contributed by atoms with Crippen LogP contribution in [-0.4, -0.2) is 157 Å². The summed E-state index contributed by atoms with van der Waals surface area (Å²) in [4.78, 5) is 23.1. The summed E-state index contributed by atoms with van der Waals surface area (Å²) in [7, 11) is 0. The summed E-state index contributed by atoms with van der Waals surface area (Å²) in [6.45, 7) is 14.3. The van der Waals surface area contributed by atoms with Crippen LogP contribution in [0.15, 0.2) is 0 Å². The van der Waals surface area contributed by atoms with Gasteiger partial charge in [0.25, 0.3) is 0 Å². The highest BCUT2D eigenvalue weighted by Gasteiger charge is 2.03. The number of unbranched alkanes of at least 4 members (excludes halogenated alkanes) is 6. The van der Waals surface area contributed by atoms with Crippen molar-refractivity contribution in [3.05, 3.63) is 0 Å². The van der Waals surface area contributed by atoms with E-state index in [1.807, 2.05) is 0 Å². The molecule has 0 bridgehead atoms. The zero-order chi connectivity index (χ0) is 36.3. The Kier molecular flexibility index (Phi) is 42.4. The fraction of sp³-hybridized carbons (Fsp3) is 0.944. The number of hydrogen-bond donors (Lipinski definition) is 0. The smallest absolute Gasteiger partial charge is 0.305 e. The van der Waals surface area contributed by atoms with E-state index in [1.165, 1.54) is 0 Å². The molecule has 50 heavy (non-hydrogen) atoms. The molecule has 0 fully saturated rings. The van der Waals surface area contributed by atoms with E-state index in [4.69, 9.17) is 56.8 Å². The minimum absolute atomic E-state index is 0.155. The monoisotopic (exact) mass is 726 g/mol. The SMILES string of the molecule is CCCCCCC(=O)OCCOCCOCCOCCOCCOCCOCCOCCOCCOCCOCCOC(=O)CCCCCC. The Hall–Kier alpha value is -1.46. The number of ether oxygens (including phenoxy) is 12. The predicted octanol–water partition coefficient (Wildman–Crippen LogP) is 4.18. The number of carbonyl (C=O) groups is 2. The molecule has 0 aliphatic heterocycles. The van der Waals surface area contributed by atoms with Gasteiger partial charge in [0.15, 0.2) is 0 Å². The Balaban J connectivity index is 3.11. The standard InChI is InChI=1S/C36H70O14/c1-3-5-7-9-11-35(37)49-33-31-47-29-27-45-25-23-43-21-19-41-17-15-39-13-14-40-16-18-42-20-22-44-24-26-46-28-30-48-32-34-50-36(38)12-10-8-6-4-2/h3-34H2,1-2H3. The van der Waals surface area contributed by atoms with Crippen LogP contribution in [-0.2, 0) is 66.4 Å². The first-order chi connectivity index (χ1) is 24.7. The summed E-state index contributed by atoms with van der Waals surface area (Å²) in [6, 6.07) is 0. The van der Waals surface area contributed by atoms with Crippen molar-refractivity contribution in [2.45, 2.75) is 78.1 Å². The van der Waals surface area contributed by atoms with Crippen LogP contribution >= 0.6 is 0 Å². The third-order valence-corrected chi connectivity index (χ3v) is 6.80. The van der Waals surface area contributed by atoms with Crippen LogP contribution in [0.3, 0.4) is 0 Å². The van der Waals surface area contributed by atoms with Gasteiger partial charge in [-0.3, -0.25) is 9.59 Å². The lowest BCUT2D eigenvalue weighted by Gasteiger charge is -2.09. The van der Waals surface area contributed by atoms with Crippen molar-refractivity contribution in [2.24, 2.45) is 0 Å². The zero-order valence-electron chi connectivity index (χ0n) is 31.3. The maximum Gasteiger partial charge on any atom is 0.305 e. The molecule has 0 aliphatic rings. The number of carbonyl (C=O) groups excluding carboxylic acids is 2. The van der Waals surface area contributed by atoms with Gasteiger partial charge in [-0.25, -0.2) is 0 Å². The largest absolute Gasteiger partial charge is 0.463 e. The van der Waals surface area contributed by atoms with E-state index in [9.17, 15) is 9.59 Å². The minimum Gasteiger partial charge on any atom is -0.463 e. The highest BCUT2D eigenvalue weighted by molar-refractivity contribution is 5.69. The minimum atomic E-state index is -0.155. The summed E-state index contributed by atoms with van der Waals surface area (Å²) in [5.74, 6) is -0.310. The summed E-state index contributed by atoms with van der Waals surface area (Å²) in [5, 5.41) is 0. The molecule has 298 valence electrons. The molecule has 14 nitrogen and oxygen atoms in total. The molecule has 0 amide bonds. The summed E-state index contributed by atoms with van der Waals surface area (Å²) >= 11 is 0. The number of esters is 2. The van der Waals surface area contributed by atoms with Gasteiger partial charge in [-0.15, -0.1) is 0 Å². The molecule has 0 aliphatic carbocycles. The van der Waals surface area contributed by atoms with E-state index >= 15 is 0 Å². The first-order valence-electron chi connectivity index (χ1n) is 18.8. The summed E-state index contributed by atoms with van der Waals surface area (Å²) < 4.78 is 64.8. The maximum atomic E-state index is 11.5. The molecule has 0 aromatic rings. The molecule has 0 aromatic carbocycles. The van der Waals surface area contributed by atoms with Crippen LogP contribution in [0.1, 0.15) is 78.1 Å². The van der Waals surface area contributed by atoms with Gasteiger partial charge in [0.2, 0.25) is 0 Å². The molecular weight excluding hydrogens is 656 g/mol. The highest BCUT2D eigenvalue weighted by atomic mass is 16.6. The molecule has 0 rings (SSSR count). The van der Waals surface area contributed by atoms with Gasteiger partial charge >= 0.3 is 11.9 Å². The first kappa shape index (κ1) is 48.5. The van der Waals surface area contributed by atoms with Gasteiger partial charge in [-0.1, -0.05) is 52.4 Å². The molecule has 0 aromatic heterocycles. The normalized spacial score (nSPS) is 11.3. The molecule has 0 spiro atoms. The topological polar surface area (TPSA) is 145 Å². The Labute approximate surface area is 301 Å². The van der Waals surface area contributed by atoms with Crippen molar-refractivity contribution in [3.8, 4) is 0 Å². The van der Waals surface area contributed by atoms with E-state index in [0.29, 0.717) is 145 Å². The molecule has 0 N–H and O–H groups in total. The molecule has 0 atom stereocenters. The van der Waals surface area contributed by atoms with Gasteiger partial charge in [0, 0.05) is 12.8 Å². The average Bonchev–Trinajstić information content (AvgIpc) is 3.12. The van der Waals surface area contributed by atoms with Gasteiger partial charge in [-0.05, 0) is 12.8 Å². The Morgan fingerprint density at radius 1 is 0.280 bits per heavy atom. The molecule has 0 saturated carbocycles. The van der Waals surface area contributed by atoms with Crippen LogP contribution in [0.25, 0.3) is 0 Å². The first-order valence-corrected chi connectivity index (χ1v) is 18.8. The summed E-state index contributed by atoms with van der Waals surface area (Å²) in [5.41, 5.74) is 0. The van der Waals surface area contributed by atoms with Crippen LogP contribution in [0.5, 0.6) is 0 Å². The second-order valence-corrected chi connectivity index (χ2v) is 11.2. The van der Waals surface area contributed by atoms with E-state index in [1.54, 1.807) is 0 Å². The molecule has 0 unspecified atom stereocenters. The van der Waals surface area contributed by atoms with Crippen LogP contribution in [0.4, 0.5) is 0 Å². The molecule has 0 heterocycles. The van der Waals surface area contributed by atoms with Crippen molar-refractivity contribution >= 4 is 11.9 Å². The van der Waals surface area contributed by atoms with Crippen molar-refractivity contribution in [1.29, 1.82) is 0 Å². The van der Waals surface area contributed by atoms with E-state index in [2.05, 4.69) is 13.8 Å². The van der Waals surface area contributed by atoms with E-state index < -0.39 is 0 Å². The lowest BCUT2D eigenvalue weighted by Crippen LogP contribution is -2.16. The van der Waals surface area contributed by atoms with Gasteiger partial charge in [-0.2, -0.15) is 0 Å². The highest BCUT2D eigenvalue weighted by Crippen LogP contribution is 2.04. The molecule has 0 radical (unpaired) electrons. The van der Waals surface area contributed by atoms with Crippen molar-refractivity contribution in [2.75, 3.05) is 145 Å². The Morgan fingerprint density at radius 3 is 0.680 bits per heavy atom. The fourth-order valence-electron chi connectivity index (χ4n) is 4.05. The number of hydrogen-bond acceptors (Lipinski definition) is 14. The van der Waals surface area contributed by atoms with Gasteiger partial charge in [0.1, 0.15) is 13.2 Å². The third-order valence-electron chi connectivity index (χ3n) is 6.80. The maximum absolute atomic E-state index is 11.5. The summed E-state index contributed by atoms with van der Waals surface area (Å²) in [6.07, 6.45) is 9.49. The Bertz CT molecular complexity index is 629. The lowest BCUT2D eigenvalue weighted by molar-refractivity contribution is -0.146. The molecular formula is C36H70O14.